The fraction of sp³-hybridized carbons (Fsp3) is 0.111. The van der Waals surface area contributed by atoms with Crippen molar-refractivity contribution in [1.82, 2.24) is 10.2 Å². The van der Waals surface area contributed by atoms with Gasteiger partial charge >= 0.3 is 5.91 Å². The Bertz CT molecular complexity index is 1570. The predicted molar refractivity (Wildman–Crippen MR) is 156 cm³/mol. The number of amides is 1. The van der Waals surface area contributed by atoms with Crippen LogP contribution in [-0.4, -0.2) is 27.0 Å². The molecule has 1 atom stereocenters. The van der Waals surface area contributed by atoms with Gasteiger partial charge in [-0.1, -0.05) is 110 Å². The second kappa shape index (κ2) is 11.2. The molecule has 1 aromatic heterocycles. The SMILES string of the molecule is Cc1ccc(CSc2nnc(N3C(=O)C(=O)/C(=C(\O)c4ccc(Br)cc4)C3c3ccc(Cl)cc3Cl)s2)cc1. The number of anilines is 1. The average Bonchev–Trinajstić information content (AvgIpc) is 3.46. The number of hydrogen-bond donors (Lipinski definition) is 1. The Labute approximate surface area is 245 Å². The minimum Gasteiger partial charge on any atom is -0.507 e. The number of aryl methyl sites for hydroxylation is 1. The number of nitrogens with zero attached hydrogens (tertiary/aromatic N) is 3. The molecule has 6 nitrogen and oxygen atoms in total. The predicted octanol–water partition coefficient (Wildman–Crippen LogP) is 7.83. The molecule has 4 aromatic rings. The molecule has 1 amide bonds. The number of aliphatic hydroxyl groups excluding tert-OH is 1. The van der Waals surface area contributed by atoms with Gasteiger partial charge in [0.25, 0.3) is 5.78 Å². The molecule has 1 saturated heterocycles. The summed E-state index contributed by atoms with van der Waals surface area (Å²) >= 11 is 18.7. The van der Waals surface area contributed by atoms with Gasteiger partial charge in [0.05, 0.1) is 11.6 Å². The third-order valence-electron chi connectivity index (χ3n) is 5.90. The zero-order chi connectivity index (χ0) is 27.0. The molecular weight excluding hydrogens is 629 g/mol. The minimum absolute atomic E-state index is 0.0920. The van der Waals surface area contributed by atoms with Crippen LogP contribution in [0.4, 0.5) is 5.13 Å². The number of aromatic nitrogens is 2. The topological polar surface area (TPSA) is 83.4 Å². The number of thioether (sulfide) groups is 1. The third kappa shape index (κ3) is 5.39. The number of rotatable bonds is 6. The first-order valence-corrected chi connectivity index (χ1v) is 14.6. The summed E-state index contributed by atoms with van der Waals surface area (Å²) in [5, 5.41) is 20.6. The molecule has 5 rings (SSSR count). The first-order valence-electron chi connectivity index (χ1n) is 11.3. The van der Waals surface area contributed by atoms with Crippen molar-refractivity contribution in [3.05, 3.63) is 109 Å². The largest absolute Gasteiger partial charge is 0.507 e. The molecule has 0 bridgehead atoms. The number of carbonyl (C=O) groups is 2. The van der Waals surface area contributed by atoms with Gasteiger partial charge < -0.3 is 5.11 Å². The van der Waals surface area contributed by atoms with Gasteiger partial charge in [0.1, 0.15) is 5.76 Å². The molecule has 1 N–H and O–H groups in total. The molecule has 1 fully saturated rings. The van der Waals surface area contributed by atoms with Gasteiger partial charge in [-0.25, -0.2) is 0 Å². The fourth-order valence-corrected chi connectivity index (χ4v) is 6.60. The Balaban J connectivity index is 1.56. The first-order chi connectivity index (χ1) is 18.2. The number of benzene rings is 3. The summed E-state index contributed by atoms with van der Waals surface area (Å²) in [4.78, 5) is 28.0. The summed E-state index contributed by atoms with van der Waals surface area (Å²) in [6.45, 7) is 2.03. The zero-order valence-electron chi connectivity index (χ0n) is 19.7. The summed E-state index contributed by atoms with van der Waals surface area (Å²) in [5.41, 5.74) is 3.02. The molecule has 3 aromatic carbocycles. The Morgan fingerprint density at radius 3 is 2.45 bits per heavy atom. The highest BCUT2D eigenvalue weighted by Gasteiger charge is 2.49. The van der Waals surface area contributed by atoms with Crippen LogP contribution in [-0.2, 0) is 15.3 Å². The van der Waals surface area contributed by atoms with E-state index < -0.39 is 17.7 Å². The van der Waals surface area contributed by atoms with Gasteiger partial charge in [-0.05, 0) is 42.3 Å². The first kappa shape index (κ1) is 26.9. The lowest BCUT2D eigenvalue weighted by atomic mass is 9.95. The van der Waals surface area contributed by atoms with Crippen LogP contribution in [0.2, 0.25) is 10.0 Å². The van der Waals surface area contributed by atoms with Crippen LogP contribution in [0.3, 0.4) is 0 Å². The Kier molecular flexibility index (Phi) is 7.93. The third-order valence-corrected chi connectivity index (χ3v) is 9.12. The summed E-state index contributed by atoms with van der Waals surface area (Å²) in [5.74, 6) is -1.31. The van der Waals surface area contributed by atoms with E-state index in [0.29, 0.717) is 26.2 Å². The van der Waals surface area contributed by atoms with E-state index in [9.17, 15) is 14.7 Å². The summed E-state index contributed by atoms with van der Waals surface area (Å²) in [6, 6.07) is 18.7. The fourth-order valence-electron chi connectivity index (χ4n) is 4.00. The highest BCUT2D eigenvalue weighted by Crippen LogP contribution is 2.46. The van der Waals surface area contributed by atoms with E-state index in [-0.39, 0.29) is 21.5 Å². The molecule has 0 saturated carbocycles. The van der Waals surface area contributed by atoms with Gasteiger partial charge in [0, 0.05) is 25.8 Å². The molecule has 38 heavy (non-hydrogen) atoms. The van der Waals surface area contributed by atoms with Gasteiger partial charge in [-0.2, -0.15) is 0 Å². The van der Waals surface area contributed by atoms with Crippen LogP contribution in [0.5, 0.6) is 0 Å². The molecule has 1 aliphatic heterocycles. The molecule has 0 radical (unpaired) electrons. The number of halogens is 3. The quantitative estimate of drug-likeness (QED) is 0.0756. The van der Waals surface area contributed by atoms with E-state index in [0.717, 1.165) is 10.0 Å². The number of hydrogen-bond acceptors (Lipinski definition) is 7. The Morgan fingerprint density at radius 1 is 1.05 bits per heavy atom. The van der Waals surface area contributed by atoms with Gasteiger partial charge in [0.2, 0.25) is 5.13 Å². The van der Waals surface area contributed by atoms with Crippen molar-refractivity contribution < 1.29 is 14.7 Å². The molecule has 1 aliphatic rings. The van der Waals surface area contributed by atoms with Crippen molar-refractivity contribution in [2.75, 3.05) is 4.90 Å². The molecule has 11 heteroatoms. The average molecular weight is 647 g/mol. The van der Waals surface area contributed by atoms with Crippen molar-refractivity contribution >= 4 is 84.8 Å². The smallest absolute Gasteiger partial charge is 0.301 e. The zero-order valence-corrected chi connectivity index (χ0v) is 24.4. The summed E-state index contributed by atoms with van der Waals surface area (Å²) < 4.78 is 1.44. The maximum Gasteiger partial charge on any atom is 0.301 e. The maximum absolute atomic E-state index is 13.4. The van der Waals surface area contributed by atoms with Crippen LogP contribution >= 0.6 is 62.2 Å². The van der Waals surface area contributed by atoms with Crippen LogP contribution in [0.15, 0.2) is 81.1 Å². The lowest BCUT2D eigenvalue weighted by Gasteiger charge is -2.23. The molecule has 1 unspecified atom stereocenters. The highest BCUT2D eigenvalue weighted by atomic mass is 79.9. The van der Waals surface area contributed by atoms with E-state index >= 15 is 0 Å². The molecule has 0 spiro atoms. The van der Waals surface area contributed by atoms with Crippen LogP contribution in [0.25, 0.3) is 5.76 Å². The van der Waals surface area contributed by atoms with Crippen LogP contribution in [0.1, 0.15) is 28.3 Å². The number of ketones is 1. The van der Waals surface area contributed by atoms with Crippen LogP contribution < -0.4 is 4.90 Å². The summed E-state index contributed by atoms with van der Waals surface area (Å²) in [6.07, 6.45) is 0. The van der Waals surface area contributed by atoms with E-state index in [1.807, 2.05) is 31.2 Å². The van der Waals surface area contributed by atoms with Crippen molar-refractivity contribution in [3.8, 4) is 0 Å². The van der Waals surface area contributed by atoms with E-state index in [1.165, 1.54) is 39.6 Å². The van der Waals surface area contributed by atoms with Gasteiger partial charge in [0.15, 0.2) is 4.34 Å². The second-order valence-corrected chi connectivity index (χ2v) is 12.4. The monoisotopic (exact) mass is 645 g/mol. The van der Waals surface area contributed by atoms with Crippen molar-refractivity contribution in [1.29, 1.82) is 0 Å². The van der Waals surface area contributed by atoms with Crippen LogP contribution in [0, 0.1) is 6.92 Å². The van der Waals surface area contributed by atoms with E-state index in [2.05, 4.69) is 26.1 Å². The molecular formula is C27H18BrCl2N3O3S2. The van der Waals surface area contributed by atoms with E-state index in [1.54, 1.807) is 36.4 Å². The second-order valence-electron chi connectivity index (χ2n) is 8.47. The Hall–Kier alpha value is -2.69. The number of carbonyl (C=O) groups excluding carboxylic acids is 2. The normalized spacial score (nSPS) is 16.8. The van der Waals surface area contributed by atoms with E-state index in [4.69, 9.17) is 23.2 Å². The summed E-state index contributed by atoms with van der Waals surface area (Å²) in [7, 11) is 0. The van der Waals surface area contributed by atoms with Gasteiger partial charge in [-0.3, -0.25) is 14.5 Å². The Morgan fingerprint density at radius 2 is 1.76 bits per heavy atom. The maximum atomic E-state index is 13.4. The number of Topliss-reactive ketones (excluding diaryl/α,β-unsaturated/α-hetero) is 1. The molecule has 192 valence electrons. The number of aliphatic hydroxyl groups is 1. The standard InChI is InChI=1S/C27H18BrCl2N3O3S2/c1-14-2-4-15(5-3-14)13-37-27-32-31-26(38-27)33-22(19-11-10-18(29)12-20(19)30)21(24(35)25(33)36)23(34)16-6-8-17(28)9-7-16/h2-12,22,34H,13H2,1H3/b23-21-. The van der Waals surface area contributed by atoms with Gasteiger partial charge in [-0.15, -0.1) is 10.2 Å². The molecule has 0 aliphatic carbocycles. The van der Waals surface area contributed by atoms with Crippen molar-refractivity contribution in [2.45, 2.75) is 23.1 Å². The highest BCUT2D eigenvalue weighted by molar-refractivity contribution is 9.10. The van der Waals surface area contributed by atoms with Crippen molar-refractivity contribution in [3.63, 3.8) is 0 Å². The lowest BCUT2D eigenvalue weighted by Crippen LogP contribution is -2.29. The van der Waals surface area contributed by atoms with Crippen molar-refractivity contribution in [2.24, 2.45) is 0 Å². The lowest BCUT2D eigenvalue weighted by molar-refractivity contribution is -0.132. The minimum atomic E-state index is -1.02. The molecule has 2 heterocycles.